The quantitative estimate of drug-likeness (QED) is 0.790. The highest BCUT2D eigenvalue weighted by Crippen LogP contribution is 2.17. The summed E-state index contributed by atoms with van der Waals surface area (Å²) < 4.78 is 1.32. The maximum Gasteiger partial charge on any atom is 0.360 e. The van der Waals surface area contributed by atoms with Crippen molar-refractivity contribution in [2.24, 2.45) is 0 Å². The molecule has 0 fully saturated rings. The second-order valence-corrected chi connectivity index (χ2v) is 4.81. The zero-order chi connectivity index (χ0) is 15.0. The molecule has 0 radical (unpaired) electrons. The van der Waals surface area contributed by atoms with Crippen molar-refractivity contribution in [3.05, 3.63) is 69.6 Å². The smallest absolute Gasteiger partial charge is 0.360 e. The summed E-state index contributed by atoms with van der Waals surface area (Å²) >= 11 is 5.85. The number of benzene rings is 2. The number of hydrogen-bond donors (Lipinski definition) is 1. The van der Waals surface area contributed by atoms with Gasteiger partial charge < -0.3 is 5.11 Å². The van der Waals surface area contributed by atoms with Crippen LogP contribution in [0.3, 0.4) is 0 Å². The Bertz CT molecular complexity index is 901. The van der Waals surface area contributed by atoms with E-state index in [1.807, 2.05) is 0 Å². The summed E-state index contributed by atoms with van der Waals surface area (Å²) in [6, 6.07) is 13.5. The van der Waals surface area contributed by atoms with Crippen LogP contribution in [0.2, 0.25) is 5.02 Å². The van der Waals surface area contributed by atoms with Crippen molar-refractivity contribution in [2.75, 3.05) is 0 Å². The van der Waals surface area contributed by atoms with Crippen LogP contribution in [0, 0.1) is 0 Å². The molecule has 0 bridgehead atoms. The van der Waals surface area contributed by atoms with Crippen molar-refractivity contribution in [3.63, 3.8) is 0 Å². The molecule has 0 saturated carbocycles. The van der Waals surface area contributed by atoms with Crippen LogP contribution in [0.25, 0.3) is 16.7 Å². The molecule has 0 atom stereocenters. The van der Waals surface area contributed by atoms with E-state index in [-0.39, 0.29) is 0 Å². The largest absolute Gasteiger partial charge is 0.476 e. The van der Waals surface area contributed by atoms with Crippen LogP contribution < -0.4 is 5.56 Å². The highest BCUT2D eigenvalue weighted by atomic mass is 35.5. The van der Waals surface area contributed by atoms with Crippen LogP contribution in [-0.4, -0.2) is 20.6 Å². The summed E-state index contributed by atoms with van der Waals surface area (Å²) in [5.41, 5.74) is 0.317. The number of para-hydroxylation sites is 2. The lowest BCUT2D eigenvalue weighted by Gasteiger charge is -2.11. The van der Waals surface area contributed by atoms with Gasteiger partial charge in [-0.1, -0.05) is 23.7 Å². The second kappa shape index (κ2) is 5.03. The molecular weight excluding hydrogens is 292 g/mol. The first-order valence-corrected chi connectivity index (χ1v) is 6.47. The lowest BCUT2D eigenvalue weighted by molar-refractivity contribution is 0.0688. The fraction of sp³-hybridized carbons (Fsp3) is 0. The van der Waals surface area contributed by atoms with Crippen LogP contribution in [-0.2, 0) is 0 Å². The average molecular weight is 301 g/mol. The van der Waals surface area contributed by atoms with Crippen molar-refractivity contribution in [2.45, 2.75) is 0 Å². The Hall–Kier alpha value is -2.66. The minimum atomic E-state index is -1.35. The normalized spacial score (nSPS) is 10.7. The zero-order valence-electron chi connectivity index (χ0n) is 10.7. The highest BCUT2D eigenvalue weighted by molar-refractivity contribution is 6.30. The maximum atomic E-state index is 12.4. The molecule has 21 heavy (non-hydrogen) atoms. The molecule has 0 aliphatic rings. The minimum Gasteiger partial charge on any atom is -0.476 e. The van der Waals surface area contributed by atoms with E-state index in [1.54, 1.807) is 48.5 Å². The molecule has 2 aromatic carbocycles. The molecule has 0 aliphatic heterocycles. The predicted octanol–water partition coefficient (Wildman–Crippen LogP) is 2.74. The summed E-state index contributed by atoms with van der Waals surface area (Å²) in [6.45, 7) is 0. The van der Waals surface area contributed by atoms with Gasteiger partial charge in [-0.15, -0.1) is 0 Å². The van der Waals surface area contributed by atoms with E-state index in [2.05, 4.69) is 4.98 Å². The summed E-state index contributed by atoms with van der Waals surface area (Å²) in [7, 11) is 0. The minimum absolute atomic E-state index is 0.435. The number of aromatic nitrogens is 2. The van der Waals surface area contributed by atoms with Crippen LogP contribution in [0.15, 0.2) is 53.3 Å². The summed E-state index contributed by atoms with van der Waals surface area (Å²) in [5.74, 6) is -1.35. The van der Waals surface area contributed by atoms with Gasteiger partial charge in [0, 0.05) is 10.7 Å². The Morgan fingerprint density at radius 2 is 1.76 bits per heavy atom. The van der Waals surface area contributed by atoms with Gasteiger partial charge in [-0.05, 0) is 36.4 Å². The van der Waals surface area contributed by atoms with E-state index >= 15 is 0 Å². The summed E-state index contributed by atoms with van der Waals surface area (Å²) in [5, 5.41) is 9.67. The first-order valence-electron chi connectivity index (χ1n) is 6.09. The molecule has 1 aromatic heterocycles. The van der Waals surface area contributed by atoms with E-state index in [4.69, 9.17) is 16.7 Å². The molecule has 0 spiro atoms. The topological polar surface area (TPSA) is 72.2 Å². The zero-order valence-corrected chi connectivity index (χ0v) is 11.4. The lowest BCUT2D eigenvalue weighted by Crippen LogP contribution is -2.27. The Morgan fingerprint density at radius 3 is 2.43 bits per heavy atom. The van der Waals surface area contributed by atoms with Crippen LogP contribution in [0.5, 0.6) is 0 Å². The molecule has 0 saturated heterocycles. The first-order chi connectivity index (χ1) is 10.1. The number of nitrogens with zero attached hydrogens (tertiary/aromatic N) is 2. The van der Waals surface area contributed by atoms with Crippen molar-refractivity contribution in [1.82, 2.24) is 9.55 Å². The Kier molecular flexibility index (Phi) is 3.19. The van der Waals surface area contributed by atoms with Gasteiger partial charge in [0.2, 0.25) is 5.69 Å². The number of carbonyl (C=O) groups is 1. The Balaban J connectivity index is 2.44. The Morgan fingerprint density at radius 1 is 1.10 bits per heavy atom. The third-order valence-electron chi connectivity index (χ3n) is 3.05. The van der Waals surface area contributed by atoms with E-state index in [0.717, 1.165) is 0 Å². The summed E-state index contributed by atoms with van der Waals surface area (Å²) in [4.78, 5) is 27.5. The van der Waals surface area contributed by atoms with E-state index in [9.17, 15) is 9.59 Å². The van der Waals surface area contributed by atoms with Crippen LogP contribution in [0.1, 0.15) is 10.5 Å². The molecule has 3 aromatic rings. The van der Waals surface area contributed by atoms with Gasteiger partial charge >= 0.3 is 5.97 Å². The fourth-order valence-corrected chi connectivity index (χ4v) is 2.24. The fourth-order valence-electron chi connectivity index (χ4n) is 2.12. The molecule has 0 aliphatic carbocycles. The molecule has 0 unspecified atom stereocenters. The van der Waals surface area contributed by atoms with Gasteiger partial charge in [0.1, 0.15) is 0 Å². The number of rotatable bonds is 2. The van der Waals surface area contributed by atoms with Gasteiger partial charge in [0.15, 0.2) is 0 Å². The van der Waals surface area contributed by atoms with Crippen molar-refractivity contribution < 1.29 is 9.90 Å². The average Bonchev–Trinajstić information content (AvgIpc) is 2.48. The first kappa shape index (κ1) is 13.3. The number of halogens is 1. The van der Waals surface area contributed by atoms with E-state index in [0.29, 0.717) is 21.7 Å². The third kappa shape index (κ3) is 2.28. The van der Waals surface area contributed by atoms with E-state index < -0.39 is 17.2 Å². The molecule has 0 amide bonds. The second-order valence-electron chi connectivity index (χ2n) is 4.37. The molecule has 104 valence electrons. The monoisotopic (exact) mass is 300 g/mol. The molecule has 3 rings (SSSR count). The van der Waals surface area contributed by atoms with Gasteiger partial charge in [0.25, 0.3) is 5.56 Å². The molecule has 1 N–H and O–H groups in total. The molecule has 6 heteroatoms. The lowest BCUT2D eigenvalue weighted by atomic mass is 10.2. The predicted molar refractivity (Wildman–Crippen MR) is 79.3 cm³/mol. The number of aromatic carboxylic acids is 1. The SMILES string of the molecule is O=C(O)c1nc2ccccc2n(-c2ccc(Cl)cc2)c1=O. The van der Waals surface area contributed by atoms with Gasteiger partial charge in [0.05, 0.1) is 11.0 Å². The molecule has 5 nitrogen and oxygen atoms in total. The molecular formula is C15H9ClN2O3. The number of fused-ring (bicyclic) bond motifs is 1. The van der Waals surface area contributed by atoms with Crippen molar-refractivity contribution in [3.8, 4) is 5.69 Å². The number of carboxylic acids is 1. The Labute approximate surface area is 124 Å². The summed E-state index contributed by atoms with van der Waals surface area (Å²) in [6.07, 6.45) is 0. The van der Waals surface area contributed by atoms with Gasteiger partial charge in [-0.25, -0.2) is 9.78 Å². The maximum absolute atomic E-state index is 12.4. The standard InChI is InChI=1S/C15H9ClN2O3/c16-9-5-7-10(8-6-9)18-12-4-2-1-3-11(12)17-13(14(18)19)15(20)21/h1-8H,(H,20,21). The van der Waals surface area contributed by atoms with Gasteiger partial charge in [-0.3, -0.25) is 9.36 Å². The van der Waals surface area contributed by atoms with Gasteiger partial charge in [-0.2, -0.15) is 0 Å². The third-order valence-corrected chi connectivity index (χ3v) is 3.30. The van der Waals surface area contributed by atoms with Crippen molar-refractivity contribution >= 4 is 28.6 Å². The molecule has 1 heterocycles. The van der Waals surface area contributed by atoms with Crippen molar-refractivity contribution in [1.29, 1.82) is 0 Å². The number of carboxylic acid groups (broad SMARTS) is 1. The highest BCUT2D eigenvalue weighted by Gasteiger charge is 2.17. The number of hydrogen-bond acceptors (Lipinski definition) is 3. The van der Waals surface area contributed by atoms with E-state index in [1.165, 1.54) is 4.57 Å². The van der Waals surface area contributed by atoms with Crippen LogP contribution >= 0.6 is 11.6 Å². The van der Waals surface area contributed by atoms with Crippen LogP contribution in [0.4, 0.5) is 0 Å².